The number of halogens is 2. The first-order chi connectivity index (χ1) is 21.7. The van der Waals surface area contributed by atoms with Gasteiger partial charge in [0.1, 0.15) is 5.82 Å². The molecule has 2 saturated carbocycles. The number of carboxylic acid groups (broad SMARTS) is 1. The first-order valence-electron chi connectivity index (χ1n) is 15.6. The van der Waals surface area contributed by atoms with Crippen LogP contribution >= 0.6 is 22.9 Å². The molecule has 6 rings (SSSR count). The van der Waals surface area contributed by atoms with Crippen LogP contribution in [0, 0.1) is 23.6 Å². The smallest absolute Gasteiger partial charge is 0.306 e. The lowest BCUT2D eigenvalue weighted by Crippen LogP contribution is -2.41. The Kier molecular flexibility index (Phi) is 9.75. The Balaban J connectivity index is 1.11. The van der Waals surface area contributed by atoms with Gasteiger partial charge in [-0.05, 0) is 80.5 Å². The van der Waals surface area contributed by atoms with Gasteiger partial charge in [-0.15, -0.1) is 11.3 Å². The van der Waals surface area contributed by atoms with Crippen LogP contribution < -0.4 is 5.32 Å². The number of anilines is 1. The summed E-state index contributed by atoms with van der Waals surface area (Å²) in [6.45, 7) is 0.953. The topological polar surface area (TPSA) is 105 Å². The van der Waals surface area contributed by atoms with Crippen LogP contribution in [0.25, 0.3) is 10.1 Å². The zero-order valence-electron chi connectivity index (χ0n) is 25.2. The number of carboxylic acids is 1. The molecule has 0 spiro atoms. The molecule has 240 valence electrons. The minimum atomic E-state index is -0.752. The predicted octanol–water partition coefficient (Wildman–Crippen LogP) is 6.79. The molecular weight excluding hydrogens is 619 g/mol. The van der Waals surface area contributed by atoms with Crippen molar-refractivity contribution in [2.75, 3.05) is 25.6 Å². The van der Waals surface area contributed by atoms with Crippen LogP contribution in [0.5, 0.6) is 0 Å². The standard InChI is InChI=1S/C34H38ClFN2O6S/c1-43-25-11-20(12-25)22-10-23(17-44-24-8-6-19(7-9-24)34(41)42)38(16-22)32(39)14-21-13-28(35)30(15-29(21)36)37-33(40)27-18-45-31-5-3-2-4-26(27)31/h2-5,13,15,18-20,22-25H,6-12,14,16-17H2,1H3,(H,37,40)(H,41,42)/t19?,20?,22-,23-,24?,25?/m0/s1. The molecule has 1 aromatic heterocycles. The highest BCUT2D eigenvalue weighted by Gasteiger charge is 2.44. The zero-order valence-corrected chi connectivity index (χ0v) is 26.7. The van der Waals surface area contributed by atoms with Crippen LogP contribution in [0.4, 0.5) is 10.1 Å². The summed E-state index contributed by atoms with van der Waals surface area (Å²) in [5.74, 6) is -1.47. The predicted molar refractivity (Wildman–Crippen MR) is 171 cm³/mol. The van der Waals surface area contributed by atoms with Gasteiger partial charge in [0.25, 0.3) is 5.91 Å². The lowest BCUT2D eigenvalue weighted by Gasteiger charge is -2.38. The van der Waals surface area contributed by atoms with E-state index in [0.29, 0.717) is 56.2 Å². The van der Waals surface area contributed by atoms with Gasteiger partial charge >= 0.3 is 5.97 Å². The summed E-state index contributed by atoms with van der Waals surface area (Å²) in [7, 11) is 1.72. The number of methoxy groups -OCH3 is 1. The molecule has 3 fully saturated rings. The molecule has 3 aromatic rings. The van der Waals surface area contributed by atoms with E-state index in [4.69, 9.17) is 21.1 Å². The molecule has 8 nitrogen and oxygen atoms in total. The van der Waals surface area contributed by atoms with Crippen molar-refractivity contribution < 1.29 is 33.4 Å². The maximum atomic E-state index is 15.4. The van der Waals surface area contributed by atoms with Crippen LogP contribution in [-0.2, 0) is 25.5 Å². The summed E-state index contributed by atoms with van der Waals surface area (Å²) < 4.78 is 28.1. The lowest BCUT2D eigenvalue weighted by atomic mass is 9.73. The number of benzene rings is 2. The second kappa shape index (κ2) is 13.7. The Bertz CT molecular complexity index is 1570. The van der Waals surface area contributed by atoms with E-state index < -0.39 is 11.8 Å². The summed E-state index contributed by atoms with van der Waals surface area (Å²) in [5, 5.41) is 14.8. The number of likely N-dealkylation sites (tertiary alicyclic amines) is 1. The van der Waals surface area contributed by atoms with Crippen molar-refractivity contribution in [1.82, 2.24) is 4.90 Å². The fourth-order valence-corrected chi connectivity index (χ4v) is 8.27. The number of carbonyl (C=O) groups is 3. The number of aliphatic carboxylic acids is 1. The molecule has 2 aromatic carbocycles. The summed E-state index contributed by atoms with van der Waals surface area (Å²) in [6, 6.07) is 10.0. The Hall–Kier alpha value is -3.05. The van der Waals surface area contributed by atoms with E-state index in [-0.39, 0.29) is 58.7 Å². The average molecular weight is 657 g/mol. The third kappa shape index (κ3) is 7.04. The summed E-state index contributed by atoms with van der Waals surface area (Å²) in [5.41, 5.74) is 0.803. The van der Waals surface area contributed by atoms with Crippen molar-refractivity contribution in [2.24, 2.45) is 17.8 Å². The molecule has 0 bridgehead atoms. The molecule has 1 aliphatic heterocycles. The highest BCUT2D eigenvalue weighted by Crippen LogP contribution is 2.42. The van der Waals surface area contributed by atoms with Gasteiger partial charge in [0.2, 0.25) is 5.91 Å². The molecule has 2 aliphatic carbocycles. The van der Waals surface area contributed by atoms with E-state index in [1.807, 2.05) is 29.2 Å². The number of ether oxygens (including phenoxy) is 2. The van der Waals surface area contributed by atoms with Gasteiger partial charge in [0, 0.05) is 29.1 Å². The van der Waals surface area contributed by atoms with Gasteiger partial charge in [-0.1, -0.05) is 29.8 Å². The second-order valence-electron chi connectivity index (χ2n) is 12.6. The normalized spacial score (nSPS) is 26.5. The average Bonchev–Trinajstić information content (AvgIpc) is 3.63. The molecule has 3 aliphatic rings. The van der Waals surface area contributed by atoms with Gasteiger partial charge in [-0.25, -0.2) is 4.39 Å². The maximum Gasteiger partial charge on any atom is 0.306 e. The molecular formula is C34H38ClFN2O6S. The maximum absolute atomic E-state index is 15.4. The fraction of sp³-hybridized carbons (Fsp3) is 0.500. The number of thiophene rings is 1. The van der Waals surface area contributed by atoms with Crippen molar-refractivity contribution in [1.29, 1.82) is 0 Å². The Morgan fingerprint density at radius 3 is 2.56 bits per heavy atom. The quantitative estimate of drug-likeness (QED) is 0.249. The number of rotatable bonds is 10. The number of fused-ring (bicyclic) bond motifs is 1. The Labute approximate surface area is 270 Å². The third-order valence-electron chi connectivity index (χ3n) is 9.90. The van der Waals surface area contributed by atoms with Crippen LogP contribution in [0.1, 0.15) is 60.9 Å². The van der Waals surface area contributed by atoms with Gasteiger partial charge in [-0.2, -0.15) is 0 Å². The molecule has 11 heteroatoms. The van der Waals surface area contributed by atoms with Crippen molar-refractivity contribution in [2.45, 2.75) is 69.6 Å². The molecule has 2 heterocycles. The van der Waals surface area contributed by atoms with E-state index in [1.54, 1.807) is 12.5 Å². The molecule has 0 unspecified atom stereocenters. The summed E-state index contributed by atoms with van der Waals surface area (Å²) in [4.78, 5) is 39.9. The number of amides is 2. The minimum Gasteiger partial charge on any atom is -0.481 e. The third-order valence-corrected chi connectivity index (χ3v) is 11.2. The monoisotopic (exact) mass is 656 g/mol. The van der Waals surface area contributed by atoms with Crippen LogP contribution in [0.15, 0.2) is 41.8 Å². The van der Waals surface area contributed by atoms with E-state index in [2.05, 4.69) is 5.32 Å². The highest BCUT2D eigenvalue weighted by molar-refractivity contribution is 7.17. The fourth-order valence-electron chi connectivity index (χ4n) is 7.09. The van der Waals surface area contributed by atoms with E-state index in [0.717, 1.165) is 29.3 Å². The van der Waals surface area contributed by atoms with Crippen LogP contribution in [0.2, 0.25) is 5.02 Å². The van der Waals surface area contributed by atoms with Crippen molar-refractivity contribution in [3.05, 3.63) is 63.7 Å². The largest absolute Gasteiger partial charge is 0.481 e. The van der Waals surface area contributed by atoms with Crippen molar-refractivity contribution in [3.63, 3.8) is 0 Å². The van der Waals surface area contributed by atoms with Crippen LogP contribution in [-0.4, -0.2) is 66.3 Å². The Morgan fingerprint density at radius 2 is 1.82 bits per heavy atom. The zero-order chi connectivity index (χ0) is 31.7. The first kappa shape index (κ1) is 31.9. The highest BCUT2D eigenvalue weighted by atomic mass is 35.5. The SMILES string of the molecule is COC1CC([C@H]2C[C@@H](COC3CCC(C(=O)O)CC3)N(C(=O)Cc3cc(Cl)c(NC(=O)c4csc5ccccc45)cc3F)C2)C1. The van der Waals surface area contributed by atoms with Gasteiger partial charge < -0.3 is 24.8 Å². The summed E-state index contributed by atoms with van der Waals surface area (Å²) in [6.07, 6.45) is 5.38. The molecule has 2 N–H and O–H groups in total. The van der Waals surface area contributed by atoms with Crippen molar-refractivity contribution >= 4 is 56.5 Å². The molecule has 1 saturated heterocycles. The number of hydrogen-bond donors (Lipinski definition) is 2. The van der Waals surface area contributed by atoms with E-state index in [1.165, 1.54) is 23.5 Å². The number of carbonyl (C=O) groups excluding carboxylic acids is 2. The van der Waals surface area contributed by atoms with E-state index in [9.17, 15) is 19.5 Å². The van der Waals surface area contributed by atoms with Crippen LogP contribution in [0.3, 0.4) is 0 Å². The number of hydrogen-bond acceptors (Lipinski definition) is 6. The Morgan fingerprint density at radius 1 is 1.07 bits per heavy atom. The van der Waals surface area contributed by atoms with Gasteiger partial charge in [0.15, 0.2) is 0 Å². The lowest BCUT2D eigenvalue weighted by molar-refractivity contribution is -0.144. The molecule has 0 radical (unpaired) electrons. The molecule has 45 heavy (non-hydrogen) atoms. The second-order valence-corrected chi connectivity index (χ2v) is 13.9. The number of nitrogens with one attached hydrogen (secondary N) is 1. The first-order valence-corrected chi connectivity index (χ1v) is 16.9. The summed E-state index contributed by atoms with van der Waals surface area (Å²) >= 11 is 7.96. The van der Waals surface area contributed by atoms with E-state index >= 15 is 4.39 Å². The number of nitrogens with zero attached hydrogens (tertiary/aromatic N) is 1. The molecule has 2 amide bonds. The van der Waals surface area contributed by atoms with Gasteiger partial charge in [0.05, 0.1) is 53.5 Å². The molecule has 2 atom stereocenters. The minimum absolute atomic E-state index is 0.0238. The van der Waals surface area contributed by atoms with Gasteiger partial charge in [-0.3, -0.25) is 14.4 Å². The van der Waals surface area contributed by atoms with Crippen molar-refractivity contribution in [3.8, 4) is 0 Å².